The van der Waals surface area contributed by atoms with E-state index in [9.17, 15) is 0 Å². The molecule has 1 aliphatic heterocycles. The van der Waals surface area contributed by atoms with Gasteiger partial charge in [-0.3, -0.25) is 0 Å². The van der Waals surface area contributed by atoms with Gasteiger partial charge in [0.25, 0.3) is 0 Å². The van der Waals surface area contributed by atoms with E-state index in [0.717, 1.165) is 29.0 Å². The number of benzene rings is 1. The largest absolute Gasteiger partial charge is 0.371 e. The second kappa shape index (κ2) is 5.55. The smallest absolute Gasteiger partial charge is 0.0992 e. The Balaban J connectivity index is 2.21. The minimum Gasteiger partial charge on any atom is -0.371 e. The second-order valence-electron chi connectivity index (χ2n) is 4.67. The van der Waals surface area contributed by atoms with Crippen LogP contribution in [0, 0.1) is 17.2 Å². The molecule has 0 aliphatic carbocycles. The van der Waals surface area contributed by atoms with E-state index in [-0.39, 0.29) is 0 Å². The molecule has 0 saturated carbocycles. The maximum Gasteiger partial charge on any atom is 0.0992 e. The van der Waals surface area contributed by atoms with Crippen molar-refractivity contribution in [3.05, 3.63) is 28.2 Å². The Hall–Kier alpha value is -1.01. The summed E-state index contributed by atoms with van der Waals surface area (Å²) in [6, 6.07) is 8.18. The molecule has 1 atom stereocenters. The first-order valence-corrected chi connectivity index (χ1v) is 6.98. The highest BCUT2D eigenvalue weighted by Crippen LogP contribution is 2.28. The Morgan fingerprint density at radius 2 is 2.29 bits per heavy atom. The standard InChI is InChI=1S/C14H17BrN2/c1-2-11-4-3-5-17(10-11)14-7-12(9-16)6-13(15)8-14/h6-8,11H,2-5,10H2,1H3. The third-order valence-corrected chi connectivity index (χ3v) is 3.93. The van der Waals surface area contributed by atoms with Crippen LogP contribution in [0.15, 0.2) is 22.7 Å². The van der Waals surface area contributed by atoms with Crippen LogP contribution in [0.25, 0.3) is 0 Å². The lowest BCUT2D eigenvalue weighted by Gasteiger charge is -2.34. The van der Waals surface area contributed by atoms with Gasteiger partial charge in [-0.05, 0) is 37.0 Å². The molecule has 1 fully saturated rings. The number of rotatable bonds is 2. The molecule has 1 saturated heterocycles. The van der Waals surface area contributed by atoms with Gasteiger partial charge in [0.15, 0.2) is 0 Å². The number of anilines is 1. The van der Waals surface area contributed by atoms with Crippen molar-refractivity contribution in [2.75, 3.05) is 18.0 Å². The van der Waals surface area contributed by atoms with Gasteiger partial charge in [0.05, 0.1) is 11.6 Å². The van der Waals surface area contributed by atoms with Crippen molar-refractivity contribution in [3.63, 3.8) is 0 Å². The van der Waals surface area contributed by atoms with Crippen LogP contribution in [0.3, 0.4) is 0 Å². The summed E-state index contributed by atoms with van der Waals surface area (Å²) in [5.74, 6) is 0.799. The SMILES string of the molecule is CCC1CCCN(c2cc(Br)cc(C#N)c2)C1. The fourth-order valence-electron chi connectivity index (χ4n) is 2.45. The Morgan fingerprint density at radius 3 is 3.00 bits per heavy atom. The lowest BCUT2D eigenvalue weighted by Crippen LogP contribution is -2.35. The fourth-order valence-corrected chi connectivity index (χ4v) is 2.94. The summed E-state index contributed by atoms with van der Waals surface area (Å²) in [5.41, 5.74) is 1.90. The first kappa shape index (κ1) is 12.4. The summed E-state index contributed by atoms with van der Waals surface area (Å²) in [4.78, 5) is 2.41. The van der Waals surface area contributed by atoms with E-state index < -0.39 is 0 Å². The highest BCUT2D eigenvalue weighted by atomic mass is 79.9. The van der Waals surface area contributed by atoms with E-state index in [1.165, 1.54) is 24.9 Å². The van der Waals surface area contributed by atoms with Crippen LogP contribution in [0.2, 0.25) is 0 Å². The van der Waals surface area contributed by atoms with Crippen LogP contribution >= 0.6 is 15.9 Å². The summed E-state index contributed by atoms with van der Waals surface area (Å²) < 4.78 is 0.991. The van der Waals surface area contributed by atoms with Crippen LogP contribution in [0.5, 0.6) is 0 Å². The van der Waals surface area contributed by atoms with Crippen LogP contribution in [-0.4, -0.2) is 13.1 Å². The summed E-state index contributed by atoms with van der Waals surface area (Å²) >= 11 is 3.47. The lowest BCUT2D eigenvalue weighted by molar-refractivity contribution is 0.404. The number of hydrogen-bond acceptors (Lipinski definition) is 2. The van der Waals surface area contributed by atoms with Gasteiger partial charge >= 0.3 is 0 Å². The monoisotopic (exact) mass is 292 g/mol. The molecule has 0 radical (unpaired) electrons. The van der Waals surface area contributed by atoms with Crippen molar-refractivity contribution in [2.45, 2.75) is 26.2 Å². The van der Waals surface area contributed by atoms with Gasteiger partial charge in [-0.2, -0.15) is 5.26 Å². The molecule has 0 amide bonds. The number of piperidine rings is 1. The van der Waals surface area contributed by atoms with E-state index >= 15 is 0 Å². The van der Waals surface area contributed by atoms with Gasteiger partial charge in [-0.25, -0.2) is 0 Å². The summed E-state index contributed by atoms with van der Waals surface area (Å²) in [5, 5.41) is 8.99. The molecule has 90 valence electrons. The van der Waals surface area contributed by atoms with Crippen molar-refractivity contribution in [2.24, 2.45) is 5.92 Å². The molecule has 0 bridgehead atoms. The Bertz CT molecular complexity index is 436. The van der Waals surface area contributed by atoms with Gasteiger partial charge in [0.2, 0.25) is 0 Å². The van der Waals surface area contributed by atoms with Gasteiger partial charge < -0.3 is 4.90 Å². The highest BCUT2D eigenvalue weighted by molar-refractivity contribution is 9.10. The summed E-state index contributed by atoms with van der Waals surface area (Å²) in [7, 11) is 0. The third-order valence-electron chi connectivity index (χ3n) is 3.47. The van der Waals surface area contributed by atoms with Gasteiger partial charge in [-0.15, -0.1) is 0 Å². The summed E-state index contributed by atoms with van der Waals surface area (Å²) in [6.45, 7) is 4.49. The molecule has 1 aromatic rings. The Morgan fingerprint density at radius 1 is 1.47 bits per heavy atom. The van der Waals surface area contributed by atoms with Gasteiger partial charge in [-0.1, -0.05) is 29.3 Å². The molecule has 0 N–H and O–H groups in total. The maximum atomic E-state index is 8.99. The van der Waals surface area contributed by atoms with Crippen molar-refractivity contribution < 1.29 is 0 Å². The summed E-state index contributed by atoms with van der Waals surface area (Å²) in [6.07, 6.45) is 3.84. The predicted octanol–water partition coefficient (Wildman–Crippen LogP) is 3.95. The van der Waals surface area contributed by atoms with Crippen LogP contribution < -0.4 is 4.90 Å². The predicted molar refractivity (Wildman–Crippen MR) is 74.1 cm³/mol. The lowest BCUT2D eigenvalue weighted by atomic mass is 9.95. The van der Waals surface area contributed by atoms with E-state index in [4.69, 9.17) is 5.26 Å². The quantitative estimate of drug-likeness (QED) is 0.825. The normalized spacial score (nSPS) is 20.1. The zero-order chi connectivity index (χ0) is 12.3. The van der Waals surface area contributed by atoms with Crippen LogP contribution in [-0.2, 0) is 0 Å². The zero-order valence-electron chi connectivity index (χ0n) is 10.1. The number of halogens is 1. The van der Waals surface area contributed by atoms with Gasteiger partial charge in [0, 0.05) is 23.2 Å². The molecular formula is C14H17BrN2. The molecule has 2 nitrogen and oxygen atoms in total. The van der Waals surface area contributed by atoms with E-state index in [0.29, 0.717) is 0 Å². The average molecular weight is 293 g/mol. The first-order chi connectivity index (χ1) is 8.22. The topological polar surface area (TPSA) is 27.0 Å². The first-order valence-electron chi connectivity index (χ1n) is 6.18. The minimum atomic E-state index is 0.730. The van der Waals surface area contributed by atoms with Crippen molar-refractivity contribution in [1.29, 1.82) is 5.26 Å². The minimum absolute atomic E-state index is 0.730. The van der Waals surface area contributed by atoms with Crippen molar-refractivity contribution in [3.8, 4) is 6.07 Å². The number of hydrogen-bond donors (Lipinski definition) is 0. The second-order valence-corrected chi connectivity index (χ2v) is 5.59. The van der Waals surface area contributed by atoms with E-state index in [2.05, 4.69) is 39.9 Å². The number of nitrogens with zero attached hydrogens (tertiary/aromatic N) is 2. The van der Waals surface area contributed by atoms with Crippen molar-refractivity contribution >= 4 is 21.6 Å². The molecule has 1 unspecified atom stereocenters. The molecule has 3 heteroatoms. The van der Waals surface area contributed by atoms with E-state index in [1.807, 2.05) is 12.1 Å². The highest BCUT2D eigenvalue weighted by Gasteiger charge is 2.19. The molecule has 0 aromatic heterocycles. The van der Waals surface area contributed by atoms with Crippen LogP contribution in [0.4, 0.5) is 5.69 Å². The zero-order valence-corrected chi connectivity index (χ0v) is 11.7. The Labute approximate surface area is 111 Å². The van der Waals surface area contributed by atoms with Crippen molar-refractivity contribution in [1.82, 2.24) is 0 Å². The van der Waals surface area contributed by atoms with E-state index in [1.54, 1.807) is 0 Å². The molecule has 1 aromatic carbocycles. The number of nitriles is 1. The van der Waals surface area contributed by atoms with Crippen LogP contribution in [0.1, 0.15) is 31.7 Å². The Kier molecular flexibility index (Phi) is 4.06. The molecule has 1 aliphatic rings. The molecule has 2 rings (SSSR count). The fraction of sp³-hybridized carbons (Fsp3) is 0.500. The molecular weight excluding hydrogens is 276 g/mol. The third kappa shape index (κ3) is 3.01. The maximum absolute atomic E-state index is 8.99. The average Bonchev–Trinajstić information content (AvgIpc) is 2.38. The molecule has 0 spiro atoms. The molecule has 1 heterocycles. The molecule has 17 heavy (non-hydrogen) atoms. The van der Waals surface area contributed by atoms with Gasteiger partial charge in [0.1, 0.15) is 0 Å².